The van der Waals surface area contributed by atoms with Crippen LogP contribution in [0.3, 0.4) is 0 Å². The number of amides is 1. The van der Waals surface area contributed by atoms with Crippen LogP contribution in [0, 0.1) is 0 Å². The molecule has 0 radical (unpaired) electrons. The van der Waals surface area contributed by atoms with Crippen molar-refractivity contribution in [2.24, 2.45) is 7.05 Å². The summed E-state index contributed by atoms with van der Waals surface area (Å²) in [4.78, 5) is 11.3. The Labute approximate surface area is 70.8 Å². The van der Waals surface area contributed by atoms with E-state index in [0.29, 0.717) is 0 Å². The van der Waals surface area contributed by atoms with Gasteiger partial charge in [0.25, 0.3) is 6.33 Å². The summed E-state index contributed by atoms with van der Waals surface area (Å²) in [6.45, 7) is 2.01. The lowest BCUT2D eigenvalue weighted by Gasteiger charge is -2.15. The van der Waals surface area contributed by atoms with E-state index < -0.39 is 0 Å². The minimum Gasteiger partial charge on any atom is -0.315 e. The molecule has 0 fully saturated rings. The van der Waals surface area contributed by atoms with Gasteiger partial charge in [-0.2, -0.15) is 0 Å². The molecule has 0 aliphatic carbocycles. The second kappa shape index (κ2) is 2.33. The number of nitrogens with one attached hydrogen (secondary N) is 1. The fourth-order valence-electron chi connectivity index (χ4n) is 1.57. The van der Waals surface area contributed by atoms with Crippen molar-refractivity contribution in [3.63, 3.8) is 0 Å². The van der Waals surface area contributed by atoms with Gasteiger partial charge < -0.3 is 5.32 Å². The van der Waals surface area contributed by atoms with Gasteiger partial charge in [-0.25, -0.2) is 9.36 Å². The van der Waals surface area contributed by atoms with Crippen molar-refractivity contribution in [3.8, 4) is 0 Å². The van der Waals surface area contributed by atoms with E-state index in [1.165, 1.54) is 0 Å². The Morgan fingerprint density at radius 1 is 1.75 bits per heavy atom. The van der Waals surface area contributed by atoms with Gasteiger partial charge in [0.1, 0.15) is 6.20 Å². The first-order valence-electron chi connectivity index (χ1n) is 4.04. The van der Waals surface area contributed by atoms with Crippen LogP contribution in [0.1, 0.15) is 12.6 Å². The topological polar surface area (TPSA) is 37.9 Å². The van der Waals surface area contributed by atoms with Crippen molar-refractivity contribution in [1.82, 2.24) is 9.88 Å². The van der Waals surface area contributed by atoms with Gasteiger partial charge in [-0.05, 0) is 6.92 Å². The van der Waals surface area contributed by atoms with E-state index in [0.717, 1.165) is 12.1 Å². The molecule has 1 aromatic heterocycles. The third-order valence-corrected chi connectivity index (χ3v) is 2.06. The third-order valence-electron chi connectivity index (χ3n) is 2.06. The van der Waals surface area contributed by atoms with Crippen molar-refractivity contribution in [3.05, 3.63) is 18.2 Å². The second-order valence-electron chi connectivity index (χ2n) is 3.33. The van der Waals surface area contributed by atoms with Gasteiger partial charge in [-0.15, -0.1) is 4.57 Å². The van der Waals surface area contributed by atoms with Crippen LogP contribution in [-0.2, 0) is 13.5 Å². The minimum absolute atomic E-state index is 0.0237. The number of aromatic nitrogens is 2. The lowest BCUT2D eigenvalue weighted by atomic mass is 10.1. The highest BCUT2D eigenvalue weighted by Crippen LogP contribution is 2.07. The van der Waals surface area contributed by atoms with Gasteiger partial charge in [-0.3, -0.25) is 0 Å². The van der Waals surface area contributed by atoms with Crippen LogP contribution in [0.2, 0.25) is 0 Å². The molecule has 0 aromatic carbocycles. The maximum atomic E-state index is 11.3. The fraction of sp³-hybridized carbons (Fsp3) is 0.500. The molecule has 2 heterocycles. The van der Waals surface area contributed by atoms with E-state index in [9.17, 15) is 4.79 Å². The summed E-state index contributed by atoms with van der Waals surface area (Å²) in [6.07, 6.45) is 4.68. The molecule has 0 spiro atoms. The van der Waals surface area contributed by atoms with Gasteiger partial charge in [0.05, 0.1) is 7.05 Å². The summed E-state index contributed by atoms with van der Waals surface area (Å²) < 4.78 is 3.55. The zero-order chi connectivity index (χ0) is 8.72. The zero-order valence-electron chi connectivity index (χ0n) is 7.24. The molecule has 0 bridgehead atoms. The molecule has 0 unspecified atom stereocenters. The van der Waals surface area contributed by atoms with Crippen LogP contribution in [0.25, 0.3) is 0 Å². The summed E-state index contributed by atoms with van der Waals surface area (Å²) >= 11 is 0. The third kappa shape index (κ3) is 0.995. The number of fused-ring (bicyclic) bond motifs is 1. The maximum absolute atomic E-state index is 11.3. The van der Waals surface area contributed by atoms with Crippen LogP contribution in [0.5, 0.6) is 0 Å². The van der Waals surface area contributed by atoms with Crippen LogP contribution in [0.15, 0.2) is 12.5 Å². The Hall–Kier alpha value is -1.32. The average Bonchev–Trinajstić information content (AvgIpc) is 2.29. The first-order valence-corrected chi connectivity index (χ1v) is 4.04. The molecule has 4 heteroatoms. The number of aryl methyl sites for hydroxylation is 1. The highest BCUT2D eigenvalue weighted by molar-refractivity contribution is 5.78. The van der Waals surface area contributed by atoms with Gasteiger partial charge in [-0.1, -0.05) is 0 Å². The molecular formula is C8H12N3O+. The van der Waals surface area contributed by atoms with Crippen molar-refractivity contribution in [2.75, 3.05) is 0 Å². The minimum atomic E-state index is -0.0237. The molecule has 1 aliphatic heterocycles. The number of hydrogen-bond acceptors (Lipinski definition) is 1. The molecule has 0 saturated carbocycles. The molecule has 1 atom stereocenters. The number of carbonyl (C=O) groups is 1. The molecule has 1 aliphatic rings. The van der Waals surface area contributed by atoms with Gasteiger partial charge in [0.2, 0.25) is 0 Å². The Kier molecular flexibility index (Phi) is 1.43. The first kappa shape index (κ1) is 7.34. The largest absolute Gasteiger partial charge is 0.413 e. The lowest BCUT2D eigenvalue weighted by molar-refractivity contribution is -0.670. The SMILES string of the molecule is C[C@@H]1Cc2c[n+](C)cn2C(=O)N1. The van der Waals surface area contributed by atoms with Crippen molar-refractivity contribution in [1.29, 1.82) is 0 Å². The lowest BCUT2D eigenvalue weighted by Crippen LogP contribution is -2.42. The zero-order valence-corrected chi connectivity index (χ0v) is 7.24. The monoisotopic (exact) mass is 166 g/mol. The van der Waals surface area contributed by atoms with Crippen LogP contribution in [0.4, 0.5) is 4.79 Å². The predicted molar refractivity (Wildman–Crippen MR) is 42.7 cm³/mol. The summed E-state index contributed by atoms with van der Waals surface area (Å²) in [7, 11) is 1.92. The van der Waals surface area contributed by atoms with E-state index in [4.69, 9.17) is 0 Å². The molecule has 1 N–H and O–H groups in total. The summed E-state index contributed by atoms with van der Waals surface area (Å²) in [5, 5.41) is 2.86. The summed E-state index contributed by atoms with van der Waals surface area (Å²) in [5.74, 6) is 0. The molecule has 0 saturated heterocycles. The second-order valence-corrected chi connectivity index (χ2v) is 3.33. The van der Waals surface area contributed by atoms with Crippen LogP contribution in [-0.4, -0.2) is 16.6 Å². The van der Waals surface area contributed by atoms with Crippen molar-refractivity contribution in [2.45, 2.75) is 19.4 Å². The van der Waals surface area contributed by atoms with E-state index in [-0.39, 0.29) is 12.1 Å². The number of carbonyl (C=O) groups excluding carboxylic acids is 1. The standard InChI is InChI=1S/C8H11N3O/c1-6-3-7-4-10(2)5-11(7)8(12)9-6/h4-6H,3H2,1-2H3/p+1/t6-/m1/s1. The molecule has 64 valence electrons. The quantitative estimate of drug-likeness (QED) is 0.533. The first-order chi connectivity index (χ1) is 5.66. The Morgan fingerprint density at radius 2 is 2.50 bits per heavy atom. The van der Waals surface area contributed by atoms with Crippen molar-refractivity contribution < 1.29 is 9.36 Å². The Bertz CT molecular complexity index is 329. The highest BCUT2D eigenvalue weighted by atomic mass is 16.2. The maximum Gasteiger partial charge on any atom is 0.413 e. The molecule has 12 heavy (non-hydrogen) atoms. The Balaban J connectivity index is 2.46. The van der Waals surface area contributed by atoms with E-state index >= 15 is 0 Å². The average molecular weight is 166 g/mol. The van der Waals surface area contributed by atoms with E-state index in [1.807, 2.05) is 24.7 Å². The molecule has 1 amide bonds. The molecule has 4 nitrogen and oxygen atoms in total. The number of imidazole rings is 1. The Morgan fingerprint density at radius 3 is 3.25 bits per heavy atom. The smallest absolute Gasteiger partial charge is 0.315 e. The van der Waals surface area contributed by atoms with Crippen molar-refractivity contribution >= 4 is 6.03 Å². The predicted octanol–water partition coefficient (Wildman–Crippen LogP) is -0.185. The normalized spacial score (nSPS) is 21.8. The number of hydrogen-bond donors (Lipinski definition) is 1. The molecule has 1 aromatic rings. The fourth-order valence-corrected chi connectivity index (χ4v) is 1.57. The molecule has 2 rings (SSSR count). The molecular weight excluding hydrogens is 154 g/mol. The van der Waals surface area contributed by atoms with Crippen LogP contribution >= 0.6 is 0 Å². The highest BCUT2D eigenvalue weighted by Gasteiger charge is 2.27. The van der Waals surface area contributed by atoms with Gasteiger partial charge in [0.15, 0.2) is 5.69 Å². The van der Waals surface area contributed by atoms with E-state index in [1.54, 1.807) is 10.9 Å². The summed E-state index contributed by atoms with van der Waals surface area (Å²) in [6, 6.07) is 0.226. The number of nitrogens with zero attached hydrogens (tertiary/aromatic N) is 2. The number of rotatable bonds is 0. The van der Waals surface area contributed by atoms with Gasteiger partial charge in [0, 0.05) is 12.5 Å². The van der Waals surface area contributed by atoms with Crippen LogP contribution < -0.4 is 9.88 Å². The van der Waals surface area contributed by atoms with E-state index in [2.05, 4.69) is 5.32 Å². The van der Waals surface area contributed by atoms with Gasteiger partial charge >= 0.3 is 6.03 Å². The summed E-state index contributed by atoms with van der Waals surface area (Å²) in [5.41, 5.74) is 1.08.